The van der Waals surface area contributed by atoms with Gasteiger partial charge in [-0.2, -0.15) is 9.97 Å². The monoisotopic (exact) mass is 835 g/mol. The van der Waals surface area contributed by atoms with Crippen molar-refractivity contribution < 1.29 is 47.5 Å². The zero-order chi connectivity index (χ0) is 46.3. The van der Waals surface area contributed by atoms with Crippen molar-refractivity contribution in [2.24, 2.45) is 11.3 Å². The molecule has 316 valence electrons. The fraction of sp³-hybridized carbons (Fsp3) is 0.500. The van der Waals surface area contributed by atoms with Crippen LogP contribution in [-0.2, 0) is 17.7 Å². The second kappa shape index (κ2) is 15.7. The van der Waals surface area contributed by atoms with Gasteiger partial charge in [-0.25, -0.2) is 27.3 Å². The molecule has 2 bridgehead atoms. The van der Waals surface area contributed by atoms with Crippen LogP contribution in [0, 0.1) is 42.2 Å². The molecule has 0 spiro atoms. The standard InChI is InChI=1S/C44H46F4N6O6/c1-6-27-30(45)12-10-24-16-26(58-22-56-5)17-28(35(24)27)38-37(46)39-36-31(49-38)8-7-9-32-33-13-11-25(53(33)19-34-23(2)59-43(55)60-34)18-54(32)41(36)51-42(50-39)57-21-44(3)20-52(4)15-14-29(44)40(47)48/h1,10,12,16-17,25,29,32-33,40H,7-9,11,13-15,18-22H2,2-5H3/t25-,29-,32-,33+,44+/m1/s1/i4D3,21D2. The SMILES string of the molecule is [2H]C([2H])([2H])N1CC[C@H](C(F)F)[C@](C)(C([2H])([2H])Oc2nc3c4c(nc(-c5cc(OCOC)cc6ccc(F)c(C#C)c56)c(F)c4n2)CCC[C@@H]2[C@@H]4CC[C@H](CN32)N4Cc2oc(=O)oc2C)C1. The number of nitrogens with zero attached hydrogens (tertiary/aromatic N) is 6. The highest BCUT2D eigenvalue weighted by atomic mass is 19.3. The maximum absolute atomic E-state index is 17.9. The minimum atomic E-state index is -3.04. The number of hydrogen-bond acceptors (Lipinski definition) is 12. The van der Waals surface area contributed by atoms with Crippen molar-refractivity contribution in [3.63, 3.8) is 0 Å². The average molecular weight is 836 g/mol. The van der Waals surface area contributed by atoms with Gasteiger partial charge in [0.05, 0.1) is 32.5 Å². The Labute approximate surface area is 350 Å². The molecule has 16 heteroatoms. The molecule has 0 radical (unpaired) electrons. The molecule has 60 heavy (non-hydrogen) atoms. The van der Waals surface area contributed by atoms with Crippen molar-refractivity contribution in [2.75, 3.05) is 52.0 Å². The van der Waals surface area contributed by atoms with Crippen molar-refractivity contribution in [1.82, 2.24) is 24.8 Å². The molecule has 5 atom stereocenters. The molecule has 2 aromatic carbocycles. The van der Waals surface area contributed by atoms with E-state index in [-0.39, 0.29) is 82.6 Å². The number of piperidine rings is 1. The first-order valence-electron chi connectivity index (χ1n) is 22.4. The van der Waals surface area contributed by atoms with Gasteiger partial charge < -0.3 is 32.8 Å². The number of rotatable bonds is 10. The van der Waals surface area contributed by atoms with E-state index in [2.05, 4.69) is 15.8 Å². The molecule has 0 unspecified atom stereocenters. The predicted octanol–water partition coefficient (Wildman–Crippen LogP) is 7.10. The molecule has 5 aromatic rings. The van der Waals surface area contributed by atoms with Crippen LogP contribution in [0.1, 0.15) is 68.7 Å². The number of methoxy groups -OCH3 is 1. The van der Waals surface area contributed by atoms with E-state index >= 15 is 8.78 Å². The second-order valence-electron chi connectivity index (χ2n) is 16.3. The molecule has 4 aliphatic rings. The summed E-state index contributed by atoms with van der Waals surface area (Å²) in [4.78, 5) is 31.5. The molecule has 7 heterocycles. The summed E-state index contributed by atoms with van der Waals surface area (Å²) in [6.07, 6.45) is 5.45. The lowest BCUT2D eigenvalue weighted by Gasteiger charge is -2.48. The molecule has 0 amide bonds. The van der Waals surface area contributed by atoms with E-state index < -0.39 is 61.3 Å². The van der Waals surface area contributed by atoms with Crippen LogP contribution in [0.2, 0.25) is 0 Å². The molecule has 3 aromatic heterocycles. The molecular formula is C44H46F4N6O6. The molecule has 0 aliphatic carbocycles. The third kappa shape index (κ3) is 6.94. The number of halogens is 4. The summed E-state index contributed by atoms with van der Waals surface area (Å²) < 4.78 is 133. The quantitative estimate of drug-likeness (QED) is 0.0811. The fourth-order valence-corrected chi connectivity index (χ4v) is 9.80. The average Bonchev–Trinajstić information content (AvgIpc) is 3.72. The number of pyridine rings is 1. The van der Waals surface area contributed by atoms with E-state index in [1.54, 1.807) is 13.0 Å². The Morgan fingerprint density at radius 1 is 1.10 bits per heavy atom. The number of likely N-dealkylation sites (tertiary alicyclic amines) is 1. The van der Waals surface area contributed by atoms with E-state index in [9.17, 15) is 16.3 Å². The fourth-order valence-electron chi connectivity index (χ4n) is 9.80. The number of benzene rings is 2. The van der Waals surface area contributed by atoms with E-state index in [4.69, 9.17) is 43.5 Å². The highest BCUT2D eigenvalue weighted by Gasteiger charge is 2.49. The van der Waals surface area contributed by atoms with Gasteiger partial charge in [-0.05, 0) is 82.6 Å². The van der Waals surface area contributed by atoms with Crippen LogP contribution < -0.4 is 20.2 Å². The number of piperazine rings is 1. The molecule has 9 rings (SSSR count). The van der Waals surface area contributed by atoms with Gasteiger partial charge >= 0.3 is 11.8 Å². The van der Waals surface area contributed by atoms with E-state index in [0.717, 1.165) is 17.7 Å². The van der Waals surface area contributed by atoms with Crippen LogP contribution in [0.4, 0.5) is 23.4 Å². The first-order chi connectivity index (χ1) is 30.8. The van der Waals surface area contributed by atoms with Crippen LogP contribution in [0.5, 0.6) is 11.8 Å². The predicted molar refractivity (Wildman–Crippen MR) is 214 cm³/mol. The molecule has 12 nitrogen and oxygen atoms in total. The van der Waals surface area contributed by atoms with Crippen molar-refractivity contribution in [1.29, 1.82) is 0 Å². The number of hydrogen-bond donors (Lipinski definition) is 0. The van der Waals surface area contributed by atoms with E-state index in [0.29, 0.717) is 55.0 Å². The number of aryl methyl sites for hydroxylation is 2. The topological polar surface area (TPSA) is 119 Å². The summed E-state index contributed by atoms with van der Waals surface area (Å²) in [7, 11) is 1.43. The molecule has 3 saturated heterocycles. The number of anilines is 1. The first-order valence-corrected chi connectivity index (χ1v) is 19.9. The Kier molecular flexibility index (Phi) is 9.00. The molecule has 3 fully saturated rings. The molecule has 4 aliphatic heterocycles. The van der Waals surface area contributed by atoms with Gasteiger partial charge in [-0.3, -0.25) is 4.90 Å². The Balaban J connectivity index is 1.24. The Morgan fingerprint density at radius 2 is 1.95 bits per heavy atom. The van der Waals surface area contributed by atoms with Crippen molar-refractivity contribution in [2.45, 2.75) is 83.5 Å². The lowest BCUT2D eigenvalue weighted by Crippen LogP contribution is -2.60. The third-order valence-electron chi connectivity index (χ3n) is 12.6. The summed E-state index contributed by atoms with van der Waals surface area (Å²) in [5.41, 5.74) is -2.43. The van der Waals surface area contributed by atoms with Crippen molar-refractivity contribution >= 4 is 27.5 Å². The van der Waals surface area contributed by atoms with Crippen LogP contribution in [0.3, 0.4) is 0 Å². The maximum atomic E-state index is 17.9. The normalized spacial score (nSPS) is 26.1. The van der Waals surface area contributed by atoms with Gasteiger partial charge in [0.15, 0.2) is 18.4 Å². The summed E-state index contributed by atoms with van der Waals surface area (Å²) in [5, 5.41) is 0.798. The zero-order valence-corrected chi connectivity index (χ0v) is 33.2. The minimum absolute atomic E-state index is 0.0710. The summed E-state index contributed by atoms with van der Waals surface area (Å²) >= 11 is 0. The van der Waals surface area contributed by atoms with Gasteiger partial charge in [0, 0.05) is 64.7 Å². The van der Waals surface area contributed by atoms with Crippen molar-refractivity contribution in [3.05, 3.63) is 69.3 Å². The summed E-state index contributed by atoms with van der Waals surface area (Å²) in [6.45, 7) is -3.25. The molecule has 0 saturated carbocycles. The lowest BCUT2D eigenvalue weighted by atomic mass is 9.73. The minimum Gasteiger partial charge on any atom is -0.468 e. The van der Waals surface area contributed by atoms with Crippen molar-refractivity contribution in [3.8, 4) is 35.4 Å². The van der Waals surface area contributed by atoms with E-state index in [1.165, 1.54) is 32.2 Å². The first kappa shape index (κ1) is 34.5. The highest BCUT2D eigenvalue weighted by molar-refractivity contribution is 6.03. The number of aromatic nitrogens is 3. The van der Waals surface area contributed by atoms with Gasteiger partial charge in [0.25, 0.3) is 0 Å². The zero-order valence-electron chi connectivity index (χ0n) is 38.2. The number of ether oxygens (including phenoxy) is 3. The third-order valence-corrected chi connectivity index (χ3v) is 12.6. The number of fused-ring (bicyclic) bond motifs is 6. The van der Waals surface area contributed by atoms with Gasteiger partial charge in [-0.15, -0.1) is 6.42 Å². The largest absolute Gasteiger partial charge is 0.519 e. The Bertz CT molecular complexity index is 2790. The Morgan fingerprint density at radius 3 is 2.70 bits per heavy atom. The number of terminal acetylenes is 1. The van der Waals surface area contributed by atoms with Gasteiger partial charge in [-0.1, -0.05) is 18.9 Å². The molecular weight excluding hydrogens is 785 g/mol. The van der Waals surface area contributed by atoms with Gasteiger partial charge in [0.1, 0.15) is 34.4 Å². The molecule has 0 N–H and O–H groups in total. The lowest BCUT2D eigenvalue weighted by molar-refractivity contribution is -0.0679. The highest BCUT2D eigenvalue weighted by Crippen LogP contribution is 2.46. The van der Waals surface area contributed by atoms with Crippen LogP contribution in [0.15, 0.2) is 37.9 Å². The van der Waals surface area contributed by atoms with Crippen LogP contribution in [-0.4, -0.2) is 96.4 Å². The number of alkyl halides is 2. The second-order valence-corrected chi connectivity index (χ2v) is 16.3. The summed E-state index contributed by atoms with van der Waals surface area (Å²) in [5.74, 6) is -0.594. The maximum Gasteiger partial charge on any atom is 0.519 e. The van der Waals surface area contributed by atoms with Crippen LogP contribution in [0.25, 0.3) is 32.9 Å². The Hall–Kier alpha value is -5.24. The summed E-state index contributed by atoms with van der Waals surface area (Å²) in [6, 6.07) is 4.58. The van der Waals surface area contributed by atoms with E-state index in [1.807, 2.05) is 4.90 Å². The van der Waals surface area contributed by atoms with Gasteiger partial charge in [0.2, 0.25) is 6.43 Å². The smallest absolute Gasteiger partial charge is 0.468 e. The van der Waals surface area contributed by atoms with Crippen LogP contribution >= 0.6 is 0 Å².